The van der Waals surface area contributed by atoms with Gasteiger partial charge in [-0.2, -0.15) is 0 Å². The van der Waals surface area contributed by atoms with Crippen LogP contribution in [0.3, 0.4) is 0 Å². The number of carbonyl (C=O) groups excluding carboxylic acids is 3. The molecule has 7 heteroatoms. The van der Waals surface area contributed by atoms with Gasteiger partial charge in [0.25, 0.3) is 11.8 Å². The van der Waals surface area contributed by atoms with E-state index in [1.54, 1.807) is 37.3 Å². The standard InChI is InChI=1S/C27H22N2O5/c1-2-33-27(32)34-22-15-13-19(14-16-22)25(30)28-20-9-6-10-21(17-20)29-26(31)24-12-5-8-18-7-3-4-11-23(18)24/h3-17H,2H2,1H3,(H,28,30)(H,29,31). The summed E-state index contributed by atoms with van der Waals surface area (Å²) in [6, 6.07) is 26.2. The Hall–Kier alpha value is -4.65. The molecule has 0 saturated heterocycles. The van der Waals surface area contributed by atoms with Crippen LogP contribution in [0.15, 0.2) is 91.0 Å². The molecule has 4 aromatic rings. The minimum absolute atomic E-state index is 0.209. The zero-order valence-corrected chi connectivity index (χ0v) is 18.4. The van der Waals surface area contributed by atoms with Crippen LogP contribution in [0, 0.1) is 0 Å². The van der Waals surface area contributed by atoms with Gasteiger partial charge in [-0.1, -0.05) is 42.5 Å². The third-order valence-electron chi connectivity index (χ3n) is 4.99. The Morgan fingerprint density at radius 3 is 2.12 bits per heavy atom. The van der Waals surface area contributed by atoms with Crippen LogP contribution in [0.2, 0.25) is 0 Å². The molecular formula is C27H22N2O5. The predicted molar refractivity (Wildman–Crippen MR) is 130 cm³/mol. The molecule has 4 aromatic carbocycles. The van der Waals surface area contributed by atoms with Crippen molar-refractivity contribution in [3.8, 4) is 5.75 Å². The van der Waals surface area contributed by atoms with Crippen LogP contribution < -0.4 is 15.4 Å². The molecule has 0 saturated carbocycles. The zero-order chi connectivity index (χ0) is 23.9. The average Bonchev–Trinajstić information content (AvgIpc) is 2.84. The molecular weight excluding hydrogens is 432 g/mol. The van der Waals surface area contributed by atoms with Gasteiger partial charge < -0.3 is 20.1 Å². The molecule has 0 aromatic heterocycles. The van der Waals surface area contributed by atoms with Crippen LogP contribution in [0.1, 0.15) is 27.6 Å². The number of hydrogen-bond donors (Lipinski definition) is 2. The number of carbonyl (C=O) groups is 3. The molecule has 0 radical (unpaired) electrons. The molecule has 34 heavy (non-hydrogen) atoms. The lowest BCUT2D eigenvalue weighted by Gasteiger charge is -2.11. The number of hydrogen-bond acceptors (Lipinski definition) is 5. The normalized spacial score (nSPS) is 10.4. The Kier molecular flexibility index (Phi) is 6.84. The highest BCUT2D eigenvalue weighted by molar-refractivity contribution is 6.13. The first kappa shape index (κ1) is 22.5. The summed E-state index contributed by atoms with van der Waals surface area (Å²) in [4.78, 5) is 36.9. The maximum Gasteiger partial charge on any atom is 0.513 e. The van der Waals surface area contributed by atoms with Crippen molar-refractivity contribution >= 4 is 40.1 Å². The average molecular weight is 454 g/mol. The molecule has 0 unspecified atom stereocenters. The molecule has 0 atom stereocenters. The summed E-state index contributed by atoms with van der Waals surface area (Å²) < 4.78 is 9.71. The van der Waals surface area contributed by atoms with E-state index in [0.29, 0.717) is 22.5 Å². The first-order chi connectivity index (χ1) is 16.5. The Labute approximate surface area is 196 Å². The largest absolute Gasteiger partial charge is 0.513 e. The summed E-state index contributed by atoms with van der Waals surface area (Å²) in [6.45, 7) is 1.89. The summed E-state index contributed by atoms with van der Waals surface area (Å²) in [5, 5.41) is 7.53. The van der Waals surface area contributed by atoms with Crippen LogP contribution in [0.25, 0.3) is 10.8 Å². The molecule has 4 rings (SSSR count). The lowest BCUT2D eigenvalue weighted by Crippen LogP contribution is -2.14. The summed E-state index contributed by atoms with van der Waals surface area (Å²) in [7, 11) is 0. The van der Waals surface area contributed by atoms with E-state index < -0.39 is 6.16 Å². The third-order valence-corrected chi connectivity index (χ3v) is 4.99. The Morgan fingerprint density at radius 1 is 0.735 bits per heavy atom. The second-order valence-corrected chi connectivity index (χ2v) is 7.33. The molecule has 0 bridgehead atoms. The van der Waals surface area contributed by atoms with Crippen molar-refractivity contribution < 1.29 is 23.9 Å². The fourth-order valence-corrected chi connectivity index (χ4v) is 3.42. The van der Waals surface area contributed by atoms with Crippen molar-refractivity contribution in [2.75, 3.05) is 17.2 Å². The highest BCUT2D eigenvalue weighted by Crippen LogP contribution is 2.22. The summed E-state index contributed by atoms with van der Waals surface area (Å²) >= 11 is 0. The van der Waals surface area contributed by atoms with Gasteiger partial charge in [0.1, 0.15) is 5.75 Å². The van der Waals surface area contributed by atoms with Crippen molar-refractivity contribution in [3.05, 3.63) is 102 Å². The minimum atomic E-state index is -0.804. The Balaban J connectivity index is 1.43. The van der Waals surface area contributed by atoms with Crippen molar-refractivity contribution in [3.63, 3.8) is 0 Å². The van der Waals surface area contributed by atoms with Gasteiger partial charge in [-0.05, 0) is 66.2 Å². The van der Waals surface area contributed by atoms with Gasteiger partial charge in [0.2, 0.25) is 0 Å². The van der Waals surface area contributed by atoms with Crippen molar-refractivity contribution in [1.29, 1.82) is 0 Å². The predicted octanol–water partition coefficient (Wildman–Crippen LogP) is 5.88. The second-order valence-electron chi connectivity index (χ2n) is 7.33. The molecule has 2 amide bonds. The van der Waals surface area contributed by atoms with Gasteiger partial charge in [0.05, 0.1) is 6.61 Å². The smallest absolute Gasteiger partial charge is 0.434 e. The molecule has 0 aliphatic carbocycles. The number of fused-ring (bicyclic) bond motifs is 1. The number of ether oxygens (including phenoxy) is 2. The van der Waals surface area contributed by atoms with E-state index in [2.05, 4.69) is 10.6 Å². The van der Waals surface area contributed by atoms with E-state index >= 15 is 0 Å². The quantitative estimate of drug-likeness (QED) is 0.280. The van der Waals surface area contributed by atoms with Gasteiger partial charge in [-0.25, -0.2) is 4.79 Å². The highest BCUT2D eigenvalue weighted by atomic mass is 16.7. The number of amides is 2. The SMILES string of the molecule is CCOC(=O)Oc1ccc(C(=O)Nc2cccc(NC(=O)c3cccc4ccccc34)c2)cc1. The van der Waals surface area contributed by atoms with E-state index in [4.69, 9.17) is 9.47 Å². The summed E-state index contributed by atoms with van der Waals surface area (Å²) in [6.07, 6.45) is -0.804. The summed E-state index contributed by atoms with van der Waals surface area (Å²) in [5.41, 5.74) is 2.01. The van der Waals surface area contributed by atoms with E-state index in [-0.39, 0.29) is 24.2 Å². The maximum absolute atomic E-state index is 12.9. The van der Waals surface area contributed by atoms with E-state index in [1.807, 2.05) is 36.4 Å². The van der Waals surface area contributed by atoms with Gasteiger partial charge in [0.15, 0.2) is 0 Å². The van der Waals surface area contributed by atoms with Gasteiger partial charge >= 0.3 is 6.16 Å². The number of benzene rings is 4. The molecule has 170 valence electrons. The van der Waals surface area contributed by atoms with Crippen molar-refractivity contribution in [2.24, 2.45) is 0 Å². The lowest BCUT2D eigenvalue weighted by atomic mass is 10.0. The molecule has 0 aliphatic heterocycles. The molecule has 0 fully saturated rings. The third kappa shape index (κ3) is 5.39. The second kappa shape index (κ2) is 10.3. The van der Waals surface area contributed by atoms with Crippen molar-refractivity contribution in [1.82, 2.24) is 0 Å². The summed E-state index contributed by atoms with van der Waals surface area (Å²) in [5.74, 6) is -0.314. The van der Waals surface area contributed by atoms with Crippen LogP contribution in [0.5, 0.6) is 5.75 Å². The highest BCUT2D eigenvalue weighted by Gasteiger charge is 2.12. The topological polar surface area (TPSA) is 93.7 Å². The number of anilines is 2. The van der Waals surface area contributed by atoms with Crippen LogP contribution >= 0.6 is 0 Å². The molecule has 7 nitrogen and oxygen atoms in total. The first-order valence-corrected chi connectivity index (χ1v) is 10.7. The molecule has 2 N–H and O–H groups in total. The monoisotopic (exact) mass is 454 g/mol. The van der Waals surface area contributed by atoms with Crippen molar-refractivity contribution in [2.45, 2.75) is 6.92 Å². The first-order valence-electron chi connectivity index (χ1n) is 10.7. The number of nitrogens with one attached hydrogen (secondary N) is 2. The zero-order valence-electron chi connectivity index (χ0n) is 18.4. The van der Waals surface area contributed by atoms with Crippen LogP contribution in [-0.4, -0.2) is 24.6 Å². The van der Waals surface area contributed by atoms with Gasteiger partial charge in [-0.3, -0.25) is 9.59 Å². The Bertz CT molecular complexity index is 1340. The molecule has 0 spiro atoms. The van der Waals surface area contributed by atoms with E-state index in [9.17, 15) is 14.4 Å². The van der Waals surface area contributed by atoms with Gasteiger partial charge in [-0.15, -0.1) is 0 Å². The van der Waals surface area contributed by atoms with E-state index in [1.165, 1.54) is 24.3 Å². The fourth-order valence-electron chi connectivity index (χ4n) is 3.42. The minimum Gasteiger partial charge on any atom is -0.434 e. The van der Waals surface area contributed by atoms with Gasteiger partial charge in [0, 0.05) is 22.5 Å². The molecule has 0 aliphatic rings. The molecule has 0 heterocycles. The fraction of sp³-hybridized carbons (Fsp3) is 0.0741. The van der Waals surface area contributed by atoms with Crippen LogP contribution in [-0.2, 0) is 4.74 Å². The van der Waals surface area contributed by atoms with Crippen LogP contribution in [0.4, 0.5) is 16.2 Å². The maximum atomic E-state index is 12.9. The number of rotatable bonds is 6. The van der Waals surface area contributed by atoms with E-state index in [0.717, 1.165) is 10.8 Å². The lowest BCUT2D eigenvalue weighted by molar-refractivity contribution is 0.101. The Morgan fingerprint density at radius 2 is 1.38 bits per heavy atom.